The number of hydrogen-bond acceptors (Lipinski definition) is 2. The van der Waals surface area contributed by atoms with Gasteiger partial charge in [-0.15, -0.1) is 11.3 Å². The lowest BCUT2D eigenvalue weighted by Crippen LogP contribution is -2.18. The van der Waals surface area contributed by atoms with Gasteiger partial charge in [0.2, 0.25) is 0 Å². The third-order valence-electron chi connectivity index (χ3n) is 4.09. The van der Waals surface area contributed by atoms with Crippen LogP contribution in [0.4, 0.5) is 4.39 Å². The molecule has 106 valence electrons. The van der Waals surface area contributed by atoms with Gasteiger partial charge in [0.1, 0.15) is 5.82 Å². The van der Waals surface area contributed by atoms with Gasteiger partial charge < -0.3 is 5.32 Å². The maximum atomic E-state index is 13.8. The van der Waals surface area contributed by atoms with E-state index in [1.54, 1.807) is 17.0 Å². The summed E-state index contributed by atoms with van der Waals surface area (Å²) in [6.45, 7) is 0. The topological polar surface area (TPSA) is 12.0 Å². The molecule has 0 fully saturated rings. The van der Waals surface area contributed by atoms with Crippen molar-refractivity contribution in [3.63, 3.8) is 0 Å². The zero-order valence-electron chi connectivity index (χ0n) is 11.8. The number of halogens is 1. The van der Waals surface area contributed by atoms with Crippen molar-refractivity contribution in [2.24, 2.45) is 0 Å². The fourth-order valence-corrected chi connectivity index (χ4v) is 4.28. The third kappa shape index (κ3) is 2.79. The van der Waals surface area contributed by atoms with Crippen LogP contribution in [0, 0.1) is 5.82 Å². The van der Waals surface area contributed by atoms with Crippen LogP contribution in [-0.4, -0.2) is 7.05 Å². The molecule has 1 aliphatic carbocycles. The molecule has 1 unspecified atom stereocenters. The molecule has 2 aromatic rings. The van der Waals surface area contributed by atoms with Gasteiger partial charge in [0, 0.05) is 15.8 Å². The first-order valence-corrected chi connectivity index (χ1v) is 8.11. The molecule has 1 heterocycles. The lowest BCUT2D eigenvalue weighted by molar-refractivity contribution is 0.559. The molecule has 1 aliphatic rings. The Morgan fingerprint density at radius 2 is 2.05 bits per heavy atom. The van der Waals surface area contributed by atoms with E-state index in [0.717, 1.165) is 5.56 Å². The van der Waals surface area contributed by atoms with Crippen molar-refractivity contribution in [2.75, 3.05) is 7.05 Å². The number of aryl methyl sites for hydroxylation is 2. The van der Waals surface area contributed by atoms with Crippen LogP contribution in [0.2, 0.25) is 0 Å². The van der Waals surface area contributed by atoms with Gasteiger partial charge in [-0.05, 0) is 62.4 Å². The van der Waals surface area contributed by atoms with Gasteiger partial charge in [-0.1, -0.05) is 18.2 Å². The van der Waals surface area contributed by atoms with Crippen molar-refractivity contribution in [1.82, 2.24) is 5.32 Å². The van der Waals surface area contributed by atoms with E-state index in [9.17, 15) is 4.39 Å². The summed E-state index contributed by atoms with van der Waals surface area (Å²) in [5.41, 5.74) is 2.31. The Bertz CT molecular complexity index is 567. The van der Waals surface area contributed by atoms with Gasteiger partial charge >= 0.3 is 0 Å². The summed E-state index contributed by atoms with van der Waals surface area (Å²) in [7, 11) is 1.96. The highest BCUT2D eigenvalue weighted by atomic mass is 32.1. The van der Waals surface area contributed by atoms with E-state index in [1.165, 1.54) is 36.1 Å². The second kappa shape index (κ2) is 6.06. The molecule has 0 bridgehead atoms. The number of thiophene rings is 1. The number of rotatable bonds is 4. The molecule has 1 nitrogen and oxygen atoms in total. The standard InChI is InChI=1S/C17H20FNS/c1-19-15(10-12-6-2-4-8-14(12)18)17-11-13-7-3-5-9-16(13)20-17/h2,4,6,8,11,15,19H,3,5,7,9-10H2,1H3. The van der Waals surface area contributed by atoms with Crippen LogP contribution < -0.4 is 5.32 Å². The smallest absolute Gasteiger partial charge is 0.126 e. The third-order valence-corrected chi connectivity index (χ3v) is 5.44. The zero-order valence-corrected chi connectivity index (χ0v) is 12.6. The second-order valence-corrected chi connectivity index (χ2v) is 6.61. The van der Waals surface area contributed by atoms with Crippen molar-refractivity contribution < 1.29 is 4.39 Å². The molecule has 3 heteroatoms. The summed E-state index contributed by atoms with van der Waals surface area (Å²) >= 11 is 1.91. The van der Waals surface area contributed by atoms with Crippen molar-refractivity contribution in [3.05, 3.63) is 57.0 Å². The molecule has 1 N–H and O–H groups in total. The fourth-order valence-electron chi connectivity index (χ4n) is 2.91. The molecule has 0 saturated heterocycles. The van der Waals surface area contributed by atoms with E-state index >= 15 is 0 Å². The van der Waals surface area contributed by atoms with Crippen LogP contribution >= 0.6 is 11.3 Å². The molecule has 0 radical (unpaired) electrons. The SMILES string of the molecule is CNC(Cc1ccccc1F)c1cc2c(s1)CCCC2. The van der Waals surface area contributed by atoms with Crippen molar-refractivity contribution in [1.29, 1.82) is 0 Å². The van der Waals surface area contributed by atoms with Gasteiger partial charge in [-0.3, -0.25) is 0 Å². The first-order chi connectivity index (χ1) is 9.78. The van der Waals surface area contributed by atoms with E-state index in [4.69, 9.17) is 0 Å². The Kier molecular flexibility index (Phi) is 4.18. The Labute approximate surface area is 123 Å². The normalized spacial score (nSPS) is 15.9. The van der Waals surface area contributed by atoms with Crippen LogP contribution in [0.3, 0.4) is 0 Å². The Balaban J connectivity index is 1.83. The minimum absolute atomic E-state index is 0.103. The Morgan fingerprint density at radius 1 is 1.25 bits per heavy atom. The van der Waals surface area contributed by atoms with Gasteiger partial charge in [-0.25, -0.2) is 4.39 Å². The van der Waals surface area contributed by atoms with E-state index in [0.29, 0.717) is 6.42 Å². The molecular weight excluding hydrogens is 269 g/mol. The molecule has 0 amide bonds. The Morgan fingerprint density at radius 3 is 2.80 bits per heavy atom. The quantitative estimate of drug-likeness (QED) is 0.886. The number of fused-ring (bicyclic) bond motifs is 1. The summed E-state index contributed by atoms with van der Waals surface area (Å²) in [5.74, 6) is -0.103. The maximum absolute atomic E-state index is 13.8. The first-order valence-electron chi connectivity index (χ1n) is 7.30. The van der Waals surface area contributed by atoms with Crippen molar-refractivity contribution >= 4 is 11.3 Å². The number of benzene rings is 1. The van der Waals surface area contributed by atoms with E-state index in [1.807, 2.05) is 30.5 Å². The maximum Gasteiger partial charge on any atom is 0.126 e. The van der Waals surface area contributed by atoms with Gasteiger partial charge in [-0.2, -0.15) is 0 Å². The minimum atomic E-state index is -0.103. The summed E-state index contributed by atoms with van der Waals surface area (Å²) in [6.07, 6.45) is 5.76. The number of likely N-dealkylation sites (N-methyl/N-ethyl adjacent to an activating group) is 1. The van der Waals surface area contributed by atoms with E-state index < -0.39 is 0 Å². The summed E-state index contributed by atoms with van der Waals surface area (Å²) in [6, 6.07) is 9.62. The van der Waals surface area contributed by atoms with Crippen LogP contribution in [0.5, 0.6) is 0 Å². The lowest BCUT2D eigenvalue weighted by Gasteiger charge is -2.15. The second-order valence-electron chi connectivity index (χ2n) is 5.44. The zero-order chi connectivity index (χ0) is 13.9. The monoisotopic (exact) mass is 289 g/mol. The highest BCUT2D eigenvalue weighted by Gasteiger charge is 2.19. The lowest BCUT2D eigenvalue weighted by atomic mass is 9.98. The summed E-state index contributed by atoms with van der Waals surface area (Å²) < 4.78 is 13.8. The highest BCUT2D eigenvalue weighted by molar-refractivity contribution is 7.12. The van der Waals surface area contributed by atoms with Crippen molar-refractivity contribution in [2.45, 2.75) is 38.1 Å². The number of hydrogen-bond donors (Lipinski definition) is 1. The minimum Gasteiger partial charge on any atom is -0.312 e. The van der Waals surface area contributed by atoms with E-state index in [2.05, 4.69) is 11.4 Å². The predicted octanol–water partition coefficient (Wildman–Crippen LogP) is 4.27. The Hall–Kier alpha value is -1.19. The molecule has 0 spiro atoms. The summed E-state index contributed by atoms with van der Waals surface area (Å²) in [4.78, 5) is 2.89. The van der Waals surface area contributed by atoms with Crippen LogP contribution in [0.25, 0.3) is 0 Å². The molecule has 20 heavy (non-hydrogen) atoms. The molecule has 0 saturated carbocycles. The van der Waals surface area contributed by atoms with Crippen LogP contribution in [0.1, 0.15) is 39.8 Å². The van der Waals surface area contributed by atoms with Crippen LogP contribution in [-0.2, 0) is 19.3 Å². The molecule has 1 atom stereocenters. The van der Waals surface area contributed by atoms with E-state index in [-0.39, 0.29) is 11.9 Å². The van der Waals surface area contributed by atoms with Crippen LogP contribution in [0.15, 0.2) is 30.3 Å². The molecule has 3 rings (SSSR count). The molecule has 1 aromatic heterocycles. The average Bonchev–Trinajstić information content (AvgIpc) is 2.90. The predicted molar refractivity (Wildman–Crippen MR) is 82.9 cm³/mol. The van der Waals surface area contributed by atoms with Gasteiger partial charge in [0.25, 0.3) is 0 Å². The highest BCUT2D eigenvalue weighted by Crippen LogP contribution is 2.34. The fraction of sp³-hybridized carbons (Fsp3) is 0.412. The molecular formula is C17H20FNS. The van der Waals surface area contributed by atoms with Crippen molar-refractivity contribution in [3.8, 4) is 0 Å². The molecule has 0 aliphatic heterocycles. The van der Waals surface area contributed by atoms with Gasteiger partial charge in [0.05, 0.1) is 0 Å². The average molecular weight is 289 g/mol. The van der Waals surface area contributed by atoms with Gasteiger partial charge in [0.15, 0.2) is 0 Å². The molecule has 1 aromatic carbocycles. The largest absolute Gasteiger partial charge is 0.312 e. The first kappa shape index (κ1) is 13.8. The summed E-state index contributed by atoms with van der Waals surface area (Å²) in [5, 5.41) is 3.35. The number of nitrogens with one attached hydrogen (secondary N) is 1.